The number of carbonyl (C=O) groups excluding carboxylic acids is 1. The van der Waals surface area contributed by atoms with E-state index >= 15 is 0 Å². The van der Waals surface area contributed by atoms with E-state index in [9.17, 15) is 9.59 Å². The zero-order valence-corrected chi connectivity index (χ0v) is 13.4. The number of nitrogens with zero attached hydrogens (tertiary/aromatic N) is 2. The Morgan fingerprint density at radius 1 is 1.17 bits per heavy atom. The summed E-state index contributed by atoms with van der Waals surface area (Å²) in [6, 6.07) is 10.3. The predicted molar refractivity (Wildman–Crippen MR) is 90.3 cm³/mol. The number of anilines is 1. The highest BCUT2D eigenvalue weighted by Crippen LogP contribution is 2.17. The zero-order valence-electron chi connectivity index (χ0n) is 12.6. The number of halogens is 1. The molecule has 116 valence electrons. The van der Waals surface area contributed by atoms with E-state index in [1.54, 1.807) is 43.5 Å². The third-order valence-electron chi connectivity index (χ3n) is 3.51. The summed E-state index contributed by atoms with van der Waals surface area (Å²) in [4.78, 5) is 29.4. The second-order valence-electron chi connectivity index (χ2n) is 5.25. The Balaban J connectivity index is 2.08. The van der Waals surface area contributed by atoms with Gasteiger partial charge in [0.25, 0.3) is 11.5 Å². The lowest BCUT2D eigenvalue weighted by Crippen LogP contribution is -2.25. The van der Waals surface area contributed by atoms with Crippen molar-refractivity contribution in [3.05, 3.63) is 74.8 Å². The van der Waals surface area contributed by atoms with Gasteiger partial charge in [0.05, 0.1) is 16.3 Å². The van der Waals surface area contributed by atoms with Gasteiger partial charge < -0.3 is 5.32 Å². The zero-order chi connectivity index (χ0) is 16.6. The first-order valence-electron chi connectivity index (χ1n) is 7.03. The number of pyridine rings is 1. The van der Waals surface area contributed by atoms with Gasteiger partial charge >= 0.3 is 0 Å². The third kappa shape index (κ3) is 2.83. The molecule has 0 aliphatic heterocycles. The molecule has 1 N–H and O–H groups in total. The van der Waals surface area contributed by atoms with Gasteiger partial charge in [0.2, 0.25) is 0 Å². The molecule has 5 nitrogen and oxygen atoms in total. The summed E-state index contributed by atoms with van der Waals surface area (Å²) in [6.07, 6.45) is 1.69. The lowest BCUT2D eigenvalue weighted by atomic mass is 10.2. The van der Waals surface area contributed by atoms with Gasteiger partial charge in [0.1, 0.15) is 11.3 Å². The van der Waals surface area contributed by atoms with E-state index in [0.717, 1.165) is 5.56 Å². The highest BCUT2D eigenvalue weighted by atomic mass is 35.5. The summed E-state index contributed by atoms with van der Waals surface area (Å²) < 4.78 is 1.42. The van der Waals surface area contributed by atoms with Crippen LogP contribution in [0, 0.1) is 13.8 Å². The summed E-state index contributed by atoms with van der Waals surface area (Å²) in [7, 11) is 0. The molecule has 0 atom stereocenters. The molecule has 0 fully saturated rings. The van der Waals surface area contributed by atoms with Crippen LogP contribution < -0.4 is 10.9 Å². The fourth-order valence-electron chi connectivity index (χ4n) is 2.33. The van der Waals surface area contributed by atoms with E-state index < -0.39 is 5.91 Å². The van der Waals surface area contributed by atoms with Crippen molar-refractivity contribution < 1.29 is 4.79 Å². The number of rotatable bonds is 2. The molecule has 0 unspecified atom stereocenters. The minimum Gasteiger partial charge on any atom is -0.316 e. The van der Waals surface area contributed by atoms with Crippen molar-refractivity contribution in [3.63, 3.8) is 0 Å². The minimum atomic E-state index is -0.440. The van der Waals surface area contributed by atoms with E-state index in [0.29, 0.717) is 21.9 Å². The van der Waals surface area contributed by atoms with Crippen molar-refractivity contribution in [2.45, 2.75) is 13.8 Å². The number of nitrogens with one attached hydrogen (secondary N) is 1. The van der Waals surface area contributed by atoms with Crippen LogP contribution in [0.15, 0.2) is 47.4 Å². The average Bonchev–Trinajstić information content (AvgIpc) is 2.52. The average molecular weight is 328 g/mol. The fraction of sp³-hybridized carbons (Fsp3) is 0.118. The Kier molecular flexibility index (Phi) is 3.88. The molecule has 2 heterocycles. The summed E-state index contributed by atoms with van der Waals surface area (Å²) in [5.41, 5.74) is 2.05. The van der Waals surface area contributed by atoms with Crippen LogP contribution in [-0.2, 0) is 0 Å². The lowest BCUT2D eigenvalue weighted by molar-refractivity contribution is 0.102. The first kappa shape index (κ1) is 15.2. The Morgan fingerprint density at radius 2 is 1.91 bits per heavy atom. The monoisotopic (exact) mass is 327 g/mol. The van der Waals surface area contributed by atoms with E-state index in [-0.39, 0.29) is 11.2 Å². The second kappa shape index (κ2) is 5.85. The van der Waals surface area contributed by atoms with E-state index in [2.05, 4.69) is 10.3 Å². The van der Waals surface area contributed by atoms with Crippen molar-refractivity contribution in [2.75, 3.05) is 5.32 Å². The molecule has 0 saturated carbocycles. The molecule has 1 aromatic carbocycles. The molecule has 3 aromatic rings. The molecule has 0 bridgehead atoms. The third-order valence-corrected chi connectivity index (χ3v) is 3.84. The standard InChI is InChI=1S/C17H14ClN3O2/c1-10-7-8-14-19-11(2)15(17(23)21(14)9-10)20-16(22)12-5-3-4-6-13(12)18/h3-9H,1-2H3,(H,20,22). The van der Waals surface area contributed by atoms with Crippen molar-refractivity contribution in [2.24, 2.45) is 0 Å². The predicted octanol–water partition coefficient (Wildman–Crippen LogP) is 3.22. The number of aryl methyl sites for hydroxylation is 2. The largest absolute Gasteiger partial charge is 0.316 e. The van der Waals surface area contributed by atoms with E-state index in [1.807, 2.05) is 13.0 Å². The van der Waals surface area contributed by atoms with Crippen molar-refractivity contribution in [1.82, 2.24) is 9.38 Å². The van der Waals surface area contributed by atoms with Crippen molar-refractivity contribution in [1.29, 1.82) is 0 Å². The second-order valence-corrected chi connectivity index (χ2v) is 5.65. The summed E-state index contributed by atoms with van der Waals surface area (Å²) in [6.45, 7) is 3.57. The number of benzene rings is 1. The minimum absolute atomic E-state index is 0.151. The number of hydrogen-bond acceptors (Lipinski definition) is 3. The molecule has 2 aromatic heterocycles. The van der Waals surface area contributed by atoms with E-state index in [1.165, 1.54) is 4.40 Å². The molecular formula is C17H14ClN3O2. The van der Waals surface area contributed by atoms with E-state index in [4.69, 9.17) is 11.6 Å². The van der Waals surface area contributed by atoms with Crippen molar-refractivity contribution >= 4 is 28.8 Å². The van der Waals surface area contributed by atoms with Gasteiger partial charge in [-0.05, 0) is 37.6 Å². The molecule has 0 spiro atoms. The Labute approximate surface area is 137 Å². The maximum Gasteiger partial charge on any atom is 0.281 e. The van der Waals surface area contributed by atoms with Crippen molar-refractivity contribution in [3.8, 4) is 0 Å². The molecule has 0 aliphatic rings. The fourth-order valence-corrected chi connectivity index (χ4v) is 2.55. The molecule has 3 rings (SSSR count). The Bertz CT molecular complexity index is 979. The van der Waals surface area contributed by atoms with Crippen LogP contribution in [0.1, 0.15) is 21.6 Å². The molecule has 1 amide bonds. The van der Waals surface area contributed by atoms with Crippen LogP contribution in [-0.4, -0.2) is 15.3 Å². The molecular weight excluding hydrogens is 314 g/mol. The molecule has 23 heavy (non-hydrogen) atoms. The Hall–Kier alpha value is -2.66. The number of fused-ring (bicyclic) bond motifs is 1. The van der Waals surface area contributed by atoms with Gasteiger partial charge in [-0.3, -0.25) is 14.0 Å². The highest BCUT2D eigenvalue weighted by molar-refractivity contribution is 6.34. The molecule has 0 aliphatic carbocycles. The van der Waals surface area contributed by atoms with Gasteiger partial charge in [-0.15, -0.1) is 0 Å². The van der Waals surface area contributed by atoms with Gasteiger partial charge in [-0.1, -0.05) is 29.8 Å². The topological polar surface area (TPSA) is 63.5 Å². The number of carbonyl (C=O) groups is 1. The van der Waals surface area contributed by atoms with Crippen LogP contribution in [0.25, 0.3) is 5.65 Å². The van der Waals surface area contributed by atoms with Crippen LogP contribution in [0.2, 0.25) is 5.02 Å². The van der Waals surface area contributed by atoms with Crippen LogP contribution in [0.3, 0.4) is 0 Å². The molecule has 6 heteroatoms. The number of aromatic nitrogens is 2. The summed E-state index contributed by atoms with van der Waals surface area (Å²) >= 11 is 6.02. The van der Waals surface area contributed by atoms with Gasteiger partial charge in [0.15, 0.2) is 0 Å². The molecule has 0 radical (unpaired) electrons. The first-order valence-corrected chi connectivity index (χ1v) is 7.40. The smallest absolute Gasteiger partial charge is 0.281 e. The Morgan fingerprint density at radius 3 is 2.65 bits per heavy atom. The number of hydrogen-bond donors (Lipinski definition) is 1. The maximum absolute atomic E-state index is 12.6. The summed E-state index contributed by atoms with van der Waals surface area (Å²) in [5.74, 6) is -0.440. The van der Waals surface area contributed by atoms with Crippen LogP contribution in [0.4, 0.5) is 5.69 Å². The SMILES string of the molecule is Cc1ccc2nc(C)c(NC(=O)c3ccccc3Cl)c(=O)n2c1. The van der Waals surface area contributed by atoms with Gasteiger partial charge in [0, 0.05) is 6.20 Å². The maximum atomic E-state index is 12.6. The van der Waals surface area contributed by atoms with Crippen LogP contribution >= 0.6 is 11.6 Å². The van der Waals surface area contributed by atoms with Crippen LogP contribution in [0.5, 0.6) is 0 Å². The quantitative estimate of drug-likeness (QED) is 0.786. The first-order chi connectivity index (χ1) is 11.0. The summed E-state index contributed by atoms with van der Waals surface area (Å²) in [5, 5.41) is 2.95. The molecule has 0 saturated heterocycles. The highest BCUT2D eigenvalue weighted by Gasteiger charge is 2.15. The normalized spacial score (nSPS) is 10.7. The lowest BCUT2D eigenvalue weighted by Gasteiger charge is -2.10. The number of amides is 1. The van der Waals surface area contributed by atoms with Gasteiger partial charge in [-0.2, -0.15) is 0 Å². The van der Waals surface area contributed by atoms with Gasteiger partial charge in [-0.25, -0.2) is 4.98 Å².